The third-order valence-electron chi connectivity index (χ3n) is 3.85. The van der Waals surface area contributed by atoms with E-state index in [0.29, 0.717) is 0 Å². The number of carbonyl (C=O) groups excluding carboxylic acids is 1. The van der Waals surface area contributed by atoms with E-state index in [2.05, 4.69) is 0 Å². The van der Waals surface area contributed by atoms with E-state index in [0.717, 1.165) is 18.4 Å². The largest absolute Gasteiger partial charge is 0.461 e. The Labute approximate surface area is 112 Å². The molecule has 1 atom stereocenters. The van der Waals surface area contributed by atoms with E-state index in [1.807, 2.05) is 30.3 Å². The first-order valence-electron chi connectivity index (χ1n) is 6.70. The number of esters is 1. The van der Waals surface area contributed by atoms with Crippen LogP contribution in [0, 0.1) is 11.8 Å². The summed E-state index contributed by atoms with van der Waals surface area (Å²) in [5.41, 5.74) is -0.0446. The minimum atomic E-state index is -1.01. The van der Waals surface area contributed by atoms with Crippen molar-refractivity contribution in [3.8, 4) is 0 Å². The average molecular weight is 262 g/mol. The molecule has 1 aliphatic carbocycles. The number of hydrogen-bond donors (Lipinski definition) is 1. The second-order valence-electron chi connectivity index (χ2n) is 5.50. The lowest BCUT2D eigenvalue weighted by atomic mass is 9.82. The highest BCUT2D eigenvalue weighted by Crippen LogP contribution is 2.45. The predicted molar refractivity (Wildman–Crippen MR) is 68.2 cm³/mol. The Hall–Kier alpha value is -1.39. The fraction of sp³-hybridized carbons (Fsp3) is 0.533. The topological polar surface area (TPSA) is 55.8 Å². The summed E-state index contributed by atoms with van der Waals surface area (Å²) < 4.78 is 10.4. The summed E-state index contributed by atoms with van der Waals surface area (Å²) in [6.07, 6.45) is 1.99. The highest BCUT2D eigenvalue weighted by molar-refractivity contribution is 5.75. The minimum Gasteiger partial charge on any atom is -0.461 e. The van der Waals surface area contributed by atoms with Crippen LogP contribution in [0.3, 0.4) is 0 Å². The molecule has 4 nitrogen and oxygen atoms in total. The van der Waals surface area contributed by atoms with Gasteiger partial charge in [-0.25, -0.2) is 0 Å². The maximum atomic E-state index is 12.2. The van der Waals surface area contributed by atoms with Crippen LogP contribution in [0.1, 0.15) is 18.4 Å². The number of ether oxygens (including phenoxy) is 2. The monoisotopic (exact) mass is 262 g/mol. The lowest BCUT2D eigenvalue weighted by Gasteiger charge is -2.41. The maximum Gasteiger partial charge on any atom is 0.312 e. The van der Waals surface area contributed by atoms with Gasteiger partial charge in [-0.05, 0) is 24.3 Å². The van der Waals surface area contributed by atoms with Gasteiger partial charge in [0.15, 0.2) is 0 Å². The Kier molecular flexibility index (Phi) is 3.29. The zero-order chi connectivity index (χ0) is 13.3. The van der Waals surface area contributed by atoms with E-state index < -0.39 is 11.5 Å². The molecule has 19 heavy (non-hydrogen) atoms. The first-order chi connectivity index (χ1) is 9.19. The summed E-state index contributed by atoms with van der Waals surface area (Å²) in [5.74, 6) is -0.459. The molecule has 4 heteroatoms. The van der Waals surface area contributed by atoms with E-state index in [1.165, 1.54) is 0 Å². The van der Waals surface area contributed by atoms with Crippen LogP contribution in [0.2, 0.25) is 0 Å². The lowest BCUT2D eigenvalue weighted by Crippen LogP contribution is -2.58. The van der Waals surface area contributed by atoms with Gasteiger partial charge in [0.1, 0.15) is 12.2 Å². The van der Waals surface area contributed by atoms with Crippen molar-refractivity contribution >= 4 is 5.97 Å². The van der Waals surface area contributed by atoms with E-state index in [1.54, 1.807) is 0 Å². The molecule has 1 heterocycles. The molecule has 2 fully saturated rings. The normalized spacial score (nSPS) is 22.4. The maximum absolute atomic E-state index is 12.2. The molecule has 2 aliphatic rings. The molecule has 0 spiro atoms. The lowest BCUT2D eigenvalue weighted by molar-refractivity contribution is -0.220. The van der Waals surface area contributed by atoms with Crippen molar-refractivity contribution in [1.29, 1.82) is 0 Å². The van der Waals surface area contributed by atoms with E-state index >= 15 is 0 Å². The number of aliphatic hydroxyl groups is 1. The number of hydrogen-bond acceptors (Lipinski definition) is 4. The smallest absolute Gasteiger partial charge is 0.312 e. The molecule has 0 amide bonds. The zero-order valence-corrected chi connectivity index (χ0v) is 10.7. The Balaban J connectivity index is 1.61. The quantitative estimate of drug-likeness (QED) is 0.817. The standard InChI is InChI=1S/C15H18O4/c16-14(19-8-11-4-2-1-3-5-11)13(12-6-7-12)15(17)9-18-10-15/h1-5,12-13,17H,6-10H2/t13-/m0/s1. The second-order valence-corrected chi connectivity index (χ2v) is 5.50. The third kappa shape index (κ3) is 2.65. The van der Waals surface area contributed by atoms with Crippen molar-refractivity contribution in [2.45, 2.75) is 25.0 Å². The molecule has 0 aromatic heterocycles. The third-order valence-corrected chi connectivity index (χ3v) is 3.85. The van der Waals surface area contributed by atoms with Gasteiger partial charge in [0, 0.05) is 0 Å². The summed E-state index contributed by atoms with van der Waals surface area (Å²) in [6, 6.07) is 9.58. The van der Waals surface area contributed by atoms with Gasteiger partial charge in [-0.2, -0.15) is 0 Å². The summed E-state index contributed by atoms with van der Waals surface area (Å²) in [5, 5.41) is 10.3. The Morgan fingerprint density at radius 3 is 2.58 bits per heavy atom. The van der Waals surface area contributed by atoms with Gasteiger partial charge < -0.3 is 14.6 Å². The van der Waals surface area contributed by atoms with Crippen LogP contribution < -0.4 is 0 Å². The number of benzene rings is 1. The fourth-order valence-corrected chi connectivity index (χ4v) is 2.59. The Morgan fingerprint density at radius 1 is 1.37 bits per heavy atom. The molecule has 1 N–H and O–H groups in total. The van der Waals surface area contributed by atoms with Crippen LogP contribution in [-0.2, 0) is 20.9 Å². The van der Waals surface area contributed by atoms with Crippen molar-refractivity contribution in [2.75, 3.05) is 13.2 Å². The highest BCUT2D eigenvalue weighted by atomic mass is 16.6. The molecular formula is C15H18O4. The summed E-state index contributed by atoms with van der Waals surface area (Å²) in [6.45, 7) is 0.753. The van der Waals surface area contributed by atoms with Crippen LogP contribution in [0.15, 0.2) is 30.3 Å². The van der Waals surface area contributed by atoms with Crippen molar-refractivity contribution in [3.05, 3.63) is 35.9 Å². The molecule has 102 valence electrons. The fourth-order valence-electron chi connectivity index (χ4n) is 2.59. The number of carbonyl (C=O) groups is 1. The van der Waals surface area contributed by atoms with Gasteiger partial charge in [0.2, 0.25) is 0 Å². The van der Waals surface area contributed by atoms with E-state index in [-0.39, 0.29) is 31.7 Å². The van der Waals surface area contributed by atoms with Gasteiger partial charge in [-0.15, -0.1) is 0 Å². The SMILES string of the molecule is O=C(OCc1ccccc1)[C@H](C1CC1)C1(O)COC1. The van der Waals surface area contributed by atoms with Crippen LogP contribution in [0.25, 0.3) is 0 Å². The molecule has 0 unspecified atom stereocenters. The van der Waals surface area contributed by atoms with Crippen molar-refractivity contribution in [1.82, 2.24) is 0 Å². The molecular weight excluding hydrogens is 244 g/mol. The van der Waals surface area contributed by atoms with Gasteiger partial charge in [0.05, 0.1) is 19.1 Å². The average Bonchev–Trinajstić information content (AvgIpc) is 3.20. The predicted octanol–water partition coefficient (Wildman–Crippen LogP) is 1.52. The summed E-state index contributed by atoms with van der Waals surface area (Å²) in [7, 11) is 0. The van der Waals surface area contributed by atoms with Gasteiger partial charge in [-0.1, -0.05) is 30.3 Å². The van der Waals surface area contributed by atoms with Crippen molar-refractivity contribution in [3.63, 3.8) is 0 Å². The highest BCUT2D eigenvalue weighted by Gasteiger charge is 2.54. The van der Waals surface area contributed by atoms with Crippen LogP contribution in [0.4, 0.5) is 0 Å². The molecule has 1 aromatic rings. The second kappa shape index (κ2) is 4.94. The van der Waals surface area contributed by atoms with Gasteiger partial charge >= 0.3 is 5.97 Å². The molecule has 3 rings (SSSR count). The summed E-state index contributed by atoms with van der Waals surface area (Å²) in [4.78, 5) is 12.2. The van der Waals surface area contributed by atoms with Crippen molar-refractivity contribution in [2.24, 2.45) is 11.8 Å². The van der Waals surface area contributed by atoms with E-state index in [4.69, 9.17) is 9.47 Å². The molecule has 1 saturated carbocycles. The minimum absolute atomic E-state index is 0.245. The first kappa shape index (κ1) is 12.6. The van der Waals surface area contributed by atoms with Crippen LogP contribution >= 0.6 is 0 Å². The van der Waals surface area contributed by atoms with Gasteiger partial charge in [-0.3, -0.25) is 4.79 Å². The first-order valence-corrected chi connectivity index (χ1v) is 6.70. The van der Waals surface area contributed by atoms with Crippen molar-refractivity contribution < 1.29 is 19.4 Å². The Morgan fingerprint density at radius 2 is 2.05 bits per heavy atom. The summed E-state index contributed by atoms with van der Waals surface area (Å²) >= 11 is 0. The van der Waals surface area contributed by atoms with E-state index in [9.17, 15) is 9.90 Å². The number of rotatable bonds is 5. The molecule has 1 aliphatic heterocycles. The molecule has 0 radical (unpaired) electrons. The Bertz CT molecular complexity index is 448. The van der Waals surface area contributed by atoms with Crippen LogP contribution in [-0.4, -0.2) is 29.9 Å². The van der Waals surface area contributed by atoms with Crippen LogP contribution in [0.5, 0.6) is 0 Å². The zero-order valence-electron chi connectivity index (χ0n) is 10.7. The van der Waals surface area contributed by atoms with Gasteiger partial charge in [0.25, 0.3) is 0 Å². The molecule has 1 aromatic carbocycles. The molecule has 1 saturated heterocycles. The molecule has 0 bridgehead atoms.